The number of anilines is 1. The topological polar surface area (TPSA) is 116 Å². The number of carbonyl (C=O) groups is 2. The predicted molar refractivity (Wildman–Crippen MR) is 103 cm³/mol. The molecule has 2 rings (SSSR count). The first kappa shape index (κ1) is 21.5. The second-order valence-corrected chi connectivity index (χ2v) is 8.08. The van der Waals surface area contributed by atoms with E-state index in [1.165, 1.54) is 43.3 Å². The fourth-order valence-corrected chi connectivity index (χ4v) is 3.16. The Labute approximate surface area is 170 Å². The zero-order valence-corrected chi connectivity index (χ0v) is 16.8. The van der Waals surface area contributed by atoms with Gasteiger partial charge in [0.1, 0.15) is 0 Å². The highest BCUT2D eigenvalue weighted by Gasteiger charge is 2.24. The number of ether oxygens (including phenoxy) is 1. The molecule has 27 heavy (non-hydrogen) atoms. The molecule has 0 saturated heterocycles. The number of carbonyl (C=O) groups excluding carboxylic acids is 2. The second-order valence-electron chi connectivity index (χ2n) is 5.32. The molecule has 0 aliphatic rings. The minimum Gasteiger partial charge on any atom is -0.449 e. The average molecular weight is 452 g/mol. The van der Waals surface area contributed by atoms with Crippen molar-refractivity contribution in [3.63, 3.8) is 0 Å². The Morgan fingerprint density at radius 1 is 1.04 bits per heavy atom. The third-order valence-electron chi connectivity index (χ3n) is 3.35. The summed E-state index contributed by atoms with van der Waals surface area (Å²) >= 11 is 17.7. The minimum atomic E-state index is -3.84. The molecule has 2 aromatic rings. The van der Waals surface area contributed by atoms with Crippen LogP contribution < -0.4 is 10.5 Å². The molecule has 11 heteroatoms. The van der Waals surface area contributed by atoms with E-state index in [9.17, 15) is 18.0 Å². The van der Waals surface area contributed by atoms with E-state index >= 15 is 0 Å². The minimum absolute atomic E-state index is 0.0283. The first-order valence-electron chi connectivity index (χ1n) is 7.29. The molecule has 0 aliphatic heterocycles. The number of benzene rings is 2. The molecule has 0 fully saturated rings. The van der Waals surface area contributed by atoms with Crippen molar-refractivity contribution in [1.29, 1.82) is 0 Å². The van der Waals surface area contributed by atoms with Crippen LogP contribution in [-0.2, 0) is 19.6 Å². The Morgan fingerprint density at radius 2 is 1.59 bits per heavy atom. The predicted octanol–water partition coefficient (Wildman–Crippen LogP) is 3.48. The summed E-state index contributed by atoms with van der Waals surface area (Å²) in [6, 6.07) is 7.95. The molecule has 144 valence electrons. The lowest BCUT2D eigenvalue weighted by atomic mass is 10.2. The summed E-state index contributed by atoms with van der Waals surface area (Å²) in [6.07, 6.45) is -1.19. The summed E-state index contributed by atoms with van der Waals surface area (Å²) in [5.41, 5.74) is 0.136. The van der Waals surface area contributed by atoms with Crippen LogP contribution in [0.2, 0.25) is 15.1 Å². The SMILES string of the molecule is CC(OC(=O)c1c(Cl)ccc(Cl)c1Cl)C(=O)Nc1ccc(S(N)(=O)=O)cc1. The molecule has 1 unspecified atom stereocenters. The maximum absolute atomic E-state index is 12.3. The van der Waals surface area contributed by atoms with Crippen LogP contribution in [0.1, 0.15) is 17.3 Å². The van der Waals surface area contributed by atoms with Crippen LogP contribution in [0.5, 0.6) is 0 Å². The van der Waals surface area contributed by atoms with E-state index < -0.39 is 28.0 Å². The third-order valence-corrected chi connectivity index (χ3v) is 5.40. The summed E-state index contributed by atoms with van der Waals surface area (Å²) in [5, 5.41) is 7.53. The zero-order valence-electron chi connectivity index (χ0n) is 13.7. The van der Waals surface area contributed by atoms with E-state index in [0.29, 0.717) is 0 Å². The fraction of sp³-hybridized carbons (Fsp3) is 0.125. The van der Waals surface area contributed by atoms with Gasteiger partial charge in [-0.1, -0.05) is 34.8 Å². The van der Waals surface area contributed by atoms with Gasteiger partial charge in [0.25, 0.3) is 5.91 Å². The fourth-order valence-electron chi connectivity index (χ4n) is 1.96. The molecule has 2 aromatic carbocycles. The van der Waals surface area contributed by atoms with E-state index in [2.05, 4.69) is 5.32 Å². The van der Waals surface area contributed by atoms with Crippen molar-refractivity contribution in [1.82, 2.24) is 0 Å². The van der Waals surface area contributed by atoms with Crippen molar-refractivity contribution < 1.29 is 22.7 Å². The molecule has 0 radical (unpaired) electrons. The number of sulfonamides is 1. The zero-order chi connectivity index (χ0) is 20.4. The maximum atomic E-state index is 12.3. The molecule has 0 heterocycles. The van der Waals surface area contributed by atoms with Crippen LogP contribution in [0.15, 0.2) is 41.3 Å². The summed E-state index contributed by atoms with van der Waals surface area (Å²) in [6.45, 7) is 1.35. The number of nitrogens with two attached hydrogens (primary N) is 1. The lowest BCUT2D eigenvalue weighted by Crippen LogP contribution is -2.30. The summed E-state index contributed by atoms with van der Waals surface area (Å²) in [5.74, 6) is -1.57. The first-order chi connectivity index (χ1) is 12.5. The highest BCUT2D eigenvalue weighted by molar-refractivity contribution is 7.89. The van der Waals surface area contributed by atoms with E-state index in [0.717, 1.165) is 0 Å². The smallest absolute Gasteiger partial charge is 0.342 e. The van der Waals surface area contributed by atoms with E-state index in [4.69, 9.17) is 44.7 Å². The van der Waals surface area contributed by atoms with Crippen LogP contribution in [-0.4, -0.2) is 26.4 Å². The molecule has 7 nitrogen and oxygen atoms in total. The monoisotopic (exact) mass is 450 g/mol. The van der Waals surface area contributed by atoms with Crippen molar-refractivity contribution in [2.75, 3.05) is 5.32 Å². The van der Waals surface area contributed by atoms with Crippen molar-refractivity contribution >= 4 is 62.4 Å². The molecular formula is C16H13Cl3N2O5S. The highest BCUT2D eigenvalue weighted by Crippen LogP contribution is 2.32. The Hall–Kier alpha value is -1.84. The van der Waals surface area contributed by atoms with Crippen molar-refractivity contribution in [3.8, 4) is 0 Å². The Kier molecular flexibility index (Phi) is 6.72. The van der Waals surface area contributed by atoms with Crippen molar-refractivity contribution in [3.05, 3.63) is 57.0 Å². The Morgan fingerprint density at radius 3 is 2.15 bits per heavy atom. The number of nitrogens with one attached hydrogen (secondary N) is 1. The van der Waals surface area contributed by atoms with Gasteiger partial charge in [-0.15, -0.1) is 0 Å². The number of halogens is 3. The van der Waals surface area contributed by atoms with Gasteiger partial charge in [0.2, 0.25) is 10.0 Å². The number of rotatable bonds is 5. The summed E-state index contributed by atoms with van der Waals surface area (Å²) < 4.78 is 27.5. The summed E-state index contributed by atoms with van der Waals surface area (Å²) in [4.78, 5) is 24.3. The number of hydrogen-bond donors (Lipinski definition) is 2. The highest BCUT2D eigenvalue weighted by atomic mass is 35.5. The van der Waals surface area contributed by atoms with Gasteiger partial charge in [0.05, 0.1) is 25.5 Å². The normalized spacial score (nSPS) is 12.3. The second kappa shape index (κ2) is 8.45. The van der Waals surface area contributed by atoms with Crippen LogP contribution in [0.3, 0.4) is 0 Å². The van der Waals surface area contributed by atoms with Gasteiger partial charge >= 0.3 is 5.97 Å². The molecule has 3 N–H and O–H groups in total. The van der Waals surface area contributed by atoms with Crippen LogP contribution in [0, 0.1) is 0 Å². The molecule has 0 bridgehead atoms. The largest absolute Gasteiger partial charge is 0.449 e. The van der Waals surface area contributed by atoms with Crippen LogP contribution in [0.4, 0.5) is 5.69 Å². The lowest BCUT2D eigenvalue weighted by Gasteiger charge is -2.15. The average Bonchev–Trinajstić information content (AvgIpc) is 2.58. The summed E-state index contributed by atoms with van der Waals surface area (Å²) in [7, 11) is -3.84. The number of hydrogen-bond acceptors (Lipinski definition) is 5. The van der Waals surface area contributed by atoms with Gasteiger partial charge in [-0.2, -0.15) is 0 Å². The van der Waals surface area contributed by atoms with Gasteiger partial charge < -0.3 is 10.1 Å². The quantitative estimate of drug-likeness (QED) is 0.533. The van der Waals surface area contributed by atoms with E-state index in [1.54, 1.807) is 0 Å². The molecule has 0 aromatic heterocycles. The van der Waals surface area contributed by atoms with Gasteiger partial charge in [-0.05, 0) is 43.3 Å². The van der Waals surface area contributed by atoms with Gasteiger partial charge in [0, 0.05) is 5.69 Å². The third kappa shape index (κ3) is 5.33. The van der Waals surface area contributed by atoms with Crippen molar-refractivity contribution in [2.45, 2.75) is 17.9 Å². The van der Waals surface area contributed by atoms with Gasteiger partial charge in [-0.25, -0.2) is 18.4 Å². The molecule has 1 atom stereocenters. The molecular weight excluding hydrogens is 439 g/mol. The molecule has 0 spiro atoms. The maximum Gasteiger partial charge on any atom is 0.342 e. The van der Waals surface area contributed by atoms with E-state index in [1.807, 2.05) is 0 Å². The first-order valence-corrected chi connectivity index (χ1v) is 9.97. The van der Waals surface area contributed by atoms with E-state index in [-0.39, 0.29) is 31.2 Å². The standard InChI is InChI=1S/C16H13Cl3N2O5S/c1-8(26-16(23)13-11(17)6-7-12(18)14(13)19)15(22)21-9-2-4-10(5-3-9)27(20,24)25/h2-8H,1H3,(H,21,22)(H2,20,24,25). The Bertz CT molecular complexity index is 994. The van der Waals surface area contributed by atoms with Crippen LogP contribution in [0.25, 0.3) is 0 Å². The number of esters is 1. The Balaban J connectivity index is 2.08. The van der Waals surface area contributed by atoms with Crippen molar-refractivity contribution in [2.24, 2.45) is 5.14 Å². The van der Waals surface area contributed by atoms with Crippen LogP contribution >= 0.6 is 34.8 Å². The molecule has 0 aliphatic carbocycles. The number of primary sulfonamides is 1. The van der Waals surface area contributed by atoms with Gasteiger partial charge in [0.15, 0.2) is 6.10 Å². The molecule has 1 amide bonds. The lowest BCUT2D eigenvalue weighted by molar-refractivity contribution is -0.123. The number of amides is 1. The molecule has 0 saturated carbocycles. The van der Waals surface area contributed by atoms with Gasteiger partial charge in [-0.3, -0.25) is 4.79 Å².